The van der Waals surface area contributed by atoms with Crippen LogP contribution in [0.2, 0.25) is 5.02 Å². The summed E-state index contributed by atoms with van der Waals surface area (Å²) in [6.07, 6.45) is 0.897. The van der Waals surface area contributed by atoms with E-state index in [9.17, 15) is 18.0 Å². The van der Waals surface area contributed by atoms with Crippen LogP contribution in [0, 0.1) is 6.92 Å². The molecule has 2 aromatic carbocycles. The number of fused-ring (bicyclic) bond motifs is 2. The number of nitrogens with zero attached hydrogens (tertiary/aromatic N) is 1. The number of nitrogens with one attached hydrogen (secondary N) is 1. The quantitative estimate of drug-likeness (QED) is 0.668. The smallest absolute Gasteiger partial charge is 0.253 e. The first-order valence-corrected chi connectivity index (χ1v) is 10.2. The molecule has 0 bridgehead atoms. The standard InChI is InChI=1S/C18H17ClN2O5S/c1-10-4-5-11-14(8-10)21(9-15(22)20-27(3,24)25)16-12(17(11)23)6-7-13(19)18(16)26-2/h4-8H,9H2,1-3H3,(H,20,22). The first-order chi connectivity index (χ1) is 12.6. The zero-order chi connectivity index (χ0) is 19.9. The molecule has 27 heavy (non-hydrogen) atoms. The SMILES string of the molecule is COc1c(Cl)ccc2c(=O)c3ccc(C)cc3n(CC(=O)NS(C)(=O)=O)c12. The maximum absolute atomic E-state index is 12.9. The molecule has 3 rings (SSSR count). The van der Waals surface area contributed by atoms with E-state index in [4.69, 9.17) is 16.3 Å². The minimum atomic E-state index is -3.72. The van der Waals surface area contributed by atoms with E-state index in [0.29, 0.717) is 21.8 Å². The molecule has 0 aliphatic rings. The molecule has 1 N–H and O–H groups in total. The van der Waals surface area contributed by atoms with E-state index >= 15 is 0 Å². The summed E-state index contributed by atoms with van der Waals surface area (Å²) in [4.78, 5) is 25.2. The molecule has 3 aromatic rings. The Bertz CT molecular complexity index is 1250. The van der Waals surface area contributed by atoms with Gasteiger partial charge in [0.1, 0.15) is 6.54 Å². The van der Waals surface area contributed by atoms with Crippen LogP contribution in [-0.2, 0) is 21.4 Å². The van der Waals surface area contributed by atoms with Gasteiger partial charge in [0.2, 0.25) is 10.0 Å². The maximum Gasteiger partial charge on any atom is 0.253 e. The number of benzene rings is 2. The van der Waals surface area contributed by atoms with Gasteiger partial charge in [0.25, 0.3) is 5.91 Å². The molecule has 0 unspecified atom stereocenters. The number of hydrogen-bond donors (Lipinski definition) is 1. The van der Waals surface area contributed by atoms with E-state index in [0.717, 1.165) is 11.8 Å². The summed E-state index contributed by atoms with van der Waals surface area (Å²) in [6.45, 7) is 1.52. The summed E-state index contributed by atoms with van der Waals surface area (Å²) >= 11 is 6.22. The number of pyridine rings is 1. The Morgan fingerprint density at radius 2 is 1.89 bits per heavy atom. The van der Waals surface area contributed by atoms with E-state index in [1.54, 1.807) is 34.9 Å². The van der Waals surface area contributed by atoms with Crippen molar-refractivity contribution in [2.24, 2.45) is 0 Å². The van der Waals surface area contributed by atoms with Gasteiger partial charge in [0.05, 0.1) is 34.8 Å². The van der Waals surface area contributed by atoms with Crippen molar-refractivity contribution < 1.29 is 17.9 Å². The molecule has 0 aliphatic carbocycles. The van der Waals surface area contributed by atoms with E-state index in [1.807, 2.05) is 11.6 Å². The number of methoxy groups -OCH3 is 1. The number of carbonyl (C=O) groups excluding carboxylic acids is 1. The van der Waals surface area contributed by atoms with Crippen LogP contribution in [-0.4, -0.2) is 32.3 Å². The van der Waals surface area contributed by atoms with Gasteiger partial charge in [0, 0.05) is 5.39 Å². The second kappa shape index (κ2) is 6.86. The number of halogens is 1. The molecule has 0 radical (unpaired) electrons. The Labute approximate surface area is 160 Å². The van der Waals surface area contributed by atoms with Crippen molar-refractivity contribution in [3.63, 3.8) is 0 Å². The summed E-state index contributed by atoms with van der Waals surface area (Å²) in [5.41, 5.74) is 1.46. The summed E-state index contributed by atoms with van der Waals surface area (Å²) in [5.74, 6) is -0.505. The third-order valence-corrected chi connectivity index (χ3v) is 4.99. The van der Waals surface area contributed by atoms with E-state index in [2.05, 4.69) is 0 Å². The van der Waals surface area contributed by atoms with Crippen LogP contribution in [0.1, 0.15) is 5.56 Å². The third-order valence-electron chi connectivity index (χ3n) is 4.09. The highest BCUT2D eigenvalue weighted by Gasteiger charge is 2.19. The first-order valence-electron chi connectivity index (χ1n) is 7.92. The lowest BCUT2D eigenvalue weighted by molar-refractivity contribution is -0.119. The fourth-order valence-electron chi connectivity index (χ4n) is 3.06. The monoisotopic (exact) mass is 408 g/mol. The van der Waals surface area contributed by atoms with Crippen LogP contribution >= 0.6 is 11.6 Å². The van der Waals surface area contributed by atoms with Crippen LogP contribution in [0.5, 0.6) is 5.75 Å². The number of hydrogen-bond acceptors (Lipinski definition) is 5. The van der Waals surface area contributed by atoms with Crippen LogP contribution in [0.3, 0.4) is 0 Å². The van der Waals surface area contributed by atoms with Crippen molar-refractivity contribution in [1.82, 2.24) is 9.29 Å². The lowest BCUT2D eigenvalue weighted by atomic mass is 10.1. The summed E-state index contributed by atoms with van der Waals surface area (Å²) in [7, 11) is -2.31. The number of amides is 1. The van der Waals surface area contributed by atoms with Crippen LogP contribution in [0.15, 0.2) is 35.1 Å². The molecule has 1 aromatic heterocycles. The molecule has 0 saturated carbocycles. The van der Waals surface area contributed by atoms with Crippen LogP contribution in [0.4, 0.5) is 0 Å². The van der Waals surface area contributed by atoms with Gasteiger partial charge in [-0.15, -0.1) is 0 Å². The molecule has 1 heterocycles. The molecule has 0 aliphatic heterocycles. The summed E-state index contributed by atoms with van der Waals surface area (Å²) in [6, 6.07) is 8.34. The lowest BCUT2D eigenvalue weighted by Crippen LogP contribution is -2.33. The molecular weight excluding hydrogens is 392 g/mol. The van der Waals surface area contributed by atoms with Gasteiger partial charge in [0.15, 0.2) is 11.2 Å². The van der Waals surface area contributed by atoms with Crippen molar-refractivity contribution >= 4 is 49.3 Å². The van der Waals surface area contributed by atoms with Crippen LogP contribution < -0.4 is 14.9 Å². The molecule has 0 atom stereocenters. The molecule has 142 valence electrons. The van der Waals surface area contributed by atoms with Crippen molar-refractivity contribution in [2.75, 3.05) is 13.4 Å². The predicted octanol–water partition coefficient (Wildman–Crippen LogP) is 2.20. The van der Waals surface area contributed by atoms with Crippen molar-refractivity contribution in [1.29, 1.82) is 0 Å². The van der Waals surface area contributed by atoms with Gasteiger partial charge in [-0.1, -0.05) is 17.7 Å². The van der Waals surface area contributed by atoms with Crippen molar-refractivity contribution in [3.8, 4) is 5.75 Å². The molecule has 0 saturated heterocycles. The summed E-state index contributed by atoms with van der Waals surface area (Å²) in [5, 5.41) is 0.998. The molecule has 0 spiro atoms. The third kappa shape index (κ3) is 3.63. The fourth-order valence-corrected chi connectivity index (χ4v) is 3.77. The Hall–Kier alpha value is -2.58. The number of aromatic nitrogens is 1. The van der Waals surface area contributed by atoms with E-state index in [-0.39, 0.29) is 22.7 Å². The van der Waals surface area contributed by atoms with Gasteiger partial charge in [-0.05, 0) is 36.8 Å². The number of sulfonamides is 1. The Morgan fingerprint density at radius 1 is 1.22 bits per heavy atom. The fraction of sp³-hybridized carbons (Fsp3) is 0.222. The average molecular weight is 409 g/mol. The molecular formula is C18H17ClN2O5S. The average Bonchev–Trinajstić information content (AvgIpc) is 2.56. The zero-order valence-corrected chi connectivity index (χ0v) is 16.4. The number of carbonyl (C=O) groups is 1. The zero-order valence-electron chi connectivity index (χ0n) is 14.9. The highest BCUT2D eigenvalue weighted by molar-refractivity contribution is 7.89. The van der Waals surface area contributed by atoms with Gasteiger partial charge in [-0.2, -0.15) is 0 Å². The van der Waals surface area contributed by atoms with Crippen molar-refractivity contribution in [2.45, 2.75) is 13.5 Å². The largest absolute Gasteiger partial charge is 0.493 e. The minimum absolute atomic E-state index is 0.227. The van der Waals surface area contributed by atoms with Gasteiger partial charge in [-0.25, -0.2) is 8.42 Å². The minimum Gasteiger partial charge on any atom is -0.493 e. The first kappa shape index (κ1) is 19.2. The Balaban J connectivity index is 2.43. The summed E-state index contributed by atoms with van der Waals surface area (Å²) < 4.78 is 31.7. The molecule has 9 heteroatoms. The number of rotatable bonds is 4. The normalized spacial score (nSPS) is 11.7. The molecule has 1 amide bonds. The second-order valence-electron chi connectivity index (χ2n) is 6.21. The highest BCUT2D eigenvalue weighted by Crippen LogP contribution is 2.34. The van der Waals surface area contributed by atoms with E-state index < -0.39 is 15.9 Å². The Kier molecular flexibility index (Phi) is 4.88. The van der Waals surface area contributed by atoms with Crippen LogP contribution in [0.25, 0.3) is 21.8 Å². The topological polar surface area (TPSA) is 94.5 Å². The highest BCUT2D eigenvalue weighted by atomic mass is 35.5. The molecule has 7 nitrogen and oxygen atoms in total. The van der Waals surface area contributed by atoms with E-state index in [1.165, 1.54) is 7.11 Å². The van der Waals surface area contributed by atoms with Gasteiger partial charge < -0.3 is 9.30 Å². The predicted molar refractivity (Wildman–Crippen MR) is 105 cm³/mol. The molecule has 0 fully saturated rings. The maximum atomic E-state index is 12.9. The van der Waals surface area contributed by atoms with Gasteiger partial charge >= 0.3 is 0 Å². The lowest BCUT2D eigenvalue weighted by Gasteiger charge is -2.18. The second-order valence-corrected chi connectivity index (χ2v) is 8.37. The number of ether oxygens (including phenoxy) is 1. The van der Waals surface area contributed by atoms with Gasteiger partial charge in [-0.3, -0.25) is 14.3 Å². The Morgan fingerprint density at radius 3 is 2.52 bits per heavy atom. The van der Waals surface area contributed by atoms with Crippen molar-refractivity contribution in [3.05, 3.63) is 51.1 Å². The number of aryl methyl sites for hydroxylation is 1.